The van der Waals surface area contributed by atoms with Crippen LogP contribution < -0.4 is 9.64 Å². The van der Waals surface area contributed by atoms with Crippen molar-refractivity contribution in [3.05, 3.63) is 57.9 Å². The van der Waals surface area contributed by atoms with Crippen LogP contribution in [-0.4, -0.2) is 44.2 Å². The van der Waals surface area contributed by atoms with E-state index in [-0.39, 0.29) is 5.75 Å². The van der Waals surface area contributed by atoms with E-state index in [2.05, 4.69) is 55.4 Å². The van der Waals surface area contributed by atoms with E-state index in [1.54, 1.807) is 11.3 Å². The fourth-order valence-corrected chi connectivity index (χ4v) is 5.03. The standard InChI is InChI=1S/C21H21BrF2N2OS/c22-17-13-16(23)14-18(24)20(17)27-11-2-6-25-7-9-26(10-8-25)19-4-1-3-15-5-12-28-21(15)19/h1,3-5,12-14H,2,6-11H2. The number of halogens is 3. The summed E-state index contributed by atoms with van der Waals surface area (Å²) in [6.45, 7) is 5.28. The van der Waals surface area contributed by atoms with Gasteiger partial charge in [-0.2, -0.15) is 0 Å². The molecule has 2 aromatic carbocycles. The van der Waals surface area contributed by atoms with E-state index >= 15 is 0 Å². The number of piperazine rings is 1. The zero-order valence-corrected chi connectivity index (χ0v) is 17.7. The number of hydrogen-bond donors (Lipinski definition) is 0. The highest BCUT2D eigenvalue weighted by Crippen LogP contribution is 2.32. The summed E-state index contributed by atoms with van der Waals surface area (Å²) in [5.74, 6) is -1.22. The summed E-state index contributed by atoms with van der Waals surface area (Å²) >= 11 is 4.95. The van der Waals surface area contributed by atoms with E-state index in [1.165, 1.54) is 21.8 Å². The summed E-state index contributed by atoms with van der Waals surface area (Å²) in [4.78, 5) is 4.86. The van der Waals surface area contributed by atoms with Crippen LogP contribution in [0.1, 0.15) is 6.42 Å². The Bertz CT molecular complexity index is 933. The van der Waals surface area contributed by atoms with Gasteiger partial charge in [0.25, 0.3) is 0 Å². The highest BCUT2D eigenvalue weighted by molar-refractivity contribution is 9.10. The minimum Gasteiger partial charge on any atom is -0.489 e. The maximum atomic E-state index is 13.8. The summed E-state index contributed by atoms with van der Waals surface area (Å²) in [5, 5.41) is 3.45. The molecule has 0 saturated carbocycles. The van der Waals surface area contributed by atoms with Gasteiger partial charge in [0.2, 0.25) is 0 Å². The molecule has 148 valence electrons. The Morgan fingerprint density at radius 2 is 1.89 bits per heavy atom. The molecular formula is C21H21BrF2N2OS. The maximum Gasteiger partial charge on any atom is 0.169 e. The highest BCUT2D eigenvalue weighted by Gasteiger charge is 2.19. The molecule has 0 N–H and O–H groups in total. The summed E-state index contributed by atoms with van der Waals surface area (Å²) in [6.07, 6.45) is 0.795. The third kappa shape index (κ3) is 4.31. The quantitative estimate of drug-likeness (QED) is 0.444. The number of rotatable bonds is 6. The minimum atomic E-state index is -0.678. The monoisotopic (exact) mass is 466 g/mol. The molecule has 0 radical (unpaired) electrons. The Morgan fingerprint density at radius 1 is 1.07 bits per heavy atom. The van der Waals surface area contributed by atoms with Crippen LogP contribution >= 0.6 is 27.3 Å². The predicted molar refractivity (Wildman–Crippen MR) is 115 cm³/mol. The molecule has 3 nitrogen and oxygen atoms in total. The summed E-state index contributed by atoms with van der Waals surface area (Å²) in [6, 6.07) is 10.7. The lowest BCUT2D eigenvalue weighted by Gasteiger charge is -2.36. The van der Waals surface area contributed by atoms with Crippen molar-refractivity contribution in [3.8, 4) is 5.75 Å². The Hall–Kier alpha value is -1.70. The zero-order chi connectivity index (χ0) is 19.5. The first-order chi connectivity index (χ1) is 13.6. The van der Waals surface area contributed by atoms with Crippen LogP contribution in [0, 0.1) is 11.6 Å². The molecule has 3 aromatic rings. The van der Waals surface area contributed by atoms with Gasteiger partial charge in [0.15, 0.2) is 11.6 Å². The molecule has 0 bridgehead atoms. The lowest BCUT2D eigenvalue weighted by atomic mass is 10.2. The molecule has 1 fully saturated rings. The third-order valence-corrected chi connectivity index (χ3v) is 6.54. The van der Waals surface area contributed by atoms with Crippen LogP contribution in [0.15, 0.2) is 46.3 Å². The van der Waals surface area contributed by atoms with Crippen LogP contribution in [0.3, 0.4) is 0 Å². The second-order valence-electron chi connectivity index (χ2n) is 6.85. The van der Waals surface area contributed by atoms with Crippen molar-refractivity contribution in [1.82, 2.24) is 4.90 Å². The number of nitrogens with zero attached hydrogens (tertiary/aromatic N) is 2. The Kier molecular flexibility index (Phi) is 6.13. The fourth-order valence-electron chi connectivity index (χ4n) is 3.57. The number of fused-ring (bicyclic) bond motifs is 1. The predicted octanol–water partition coefficient (Wildman–Crippen LogP) is 5.53. The highest BCUT2D eigenvalue weighted by atomic mass is 79.9. The van der Waals surface area contributed by atoms with Crippen molar-refractivity contribution in [2.45, 2.75) is 6.42 Å². The summed E-state index contributed by atoms with van der Waals surface area (Å²) in [7, 11) is 0. The second-order valence-corrected chi connectivity index (χ2v) is 8.62. The molecule has 0 amide bonds. The lowest BCUT2D eigenvalue weighted by Crippen LogP contribution is -2.46. The van der Waals surface area contributed by atoms with Crippen molar-refractivity contribution < 1.29 is 13.5 Å². The second kappa shape index (κ2) is 8.76. The summed E-state index contributed by atoms with van der Waals surface area (Å²) < 4.78 is 34.1. The molecule has 0 aliphatic carbocycles. The fraction of sp³-hybridized carbons (Fsp3) is 0.333. The number of thiophene rings is 1. The molecule has 7 heteroatoms. The van der Waals surface area contributed by atoms with Crippen molar-refractivity contribution in [1.29, 1.82) is 0 Å². The van der Waals surface area contributed by atoms with Crippen LogP contribution in [0.4, 0.5) is 14.5 Å². The Morgan fingerprint density at radius 3 is 2.68 bits per heavy atom. The van der Waals surface area contributed by atoms with Gasteiger partial charge in [0.05, 0.1) is 21.5 Å². The molecule has 4 rings (SSSR count). The molecule has 1 saturated heterocycles. The number of anilines is 1. The molecule has 2 heterocycles. The van der Waals surface area contributed by atoms with E-state index in [1.807, 2.05) is 0 Å². The largest absolute Gasteiger partial charge is 0.489 e. The first kappa shape index (κ1) is 19.6. The molecule has 0 spiro atoms. The topological polar surface area (TPSA) is 15.7 Å². The van der Waals surface area contributed by atoms with Crippen LogP contribution in [0.25, 0.3) is 10.1 Å². The van der Waals surface area contributed by atoms with Crippen LogP contribution in [0.5, 0.6) is 5.75 Å². The van der Waals surface area contributed by atoms with E-state index in [0.29, 0.717) is 11.1 Å². The first-order valence-electron chi connectivity index (χ1n) is 9.33. The Balaban J connectivity index is 1.25. The Labute approximate surface area is 175 Å². The maximum absolute atomic E-state index is 13.8. The van der Waals surface area contributed by atoms with Crippen molar-refractivity contribution in [2.24, 2.45) is 0 Å². The van der Waals surface area contributed by atoms with Gasteiger partial charge >= 0.3 is 0 Å². The number of hydrogen-bond acceptors (Lipinski definition) is 4. The smallest absolute Gasteiger partial charge is 0.169 e. The average molecular weight is 467 g/mol. The SMILES string of the molecule is Fc1cc(F)c(OCCCN2CCN(c3cccc4ccsc34)CC2)c(Br)c1. The number of benzene rings is 2. The van der Waals surface area contributed by atoms with Gasteiger partial charge < -0.3 is 9.64 Å². The van der Waals surface area contributed by atoms with E-state index in [4.69, 9.17) is 4.74 Å². The van der Waals surface area contributed by atoms with Crippen LogP contribution in [0.2, 0.25) is 0 Å². The molecule has 28 heavy (non-hydrogen) atoms. The van der Waals surface area contributed by atoms with E-state index in [0.717, 1.165) is 45.2 Å². The zero-order valence-electron chi connectivity index (χ0n) is 15.3. The van der Waals surface area contributed by atoms with Crippen LogP contribution in [-0.2, 0) is 0 Å². The van der Waals surface area contributed by atoms with Gasteiger partial charge in [-0.05, 0) is 51.3 Å². The van der Waals surface area contributed by atoms with Gasteiger partial charge in [-0.15, -0.1) is 11.3 Å². The average Bonchev–Trinajstić information content (AvgIpc) is 3.16. The van der Waals surface area contributed by atoms with E-state index < -0.39 is 11.6 Å². The third-order valence-electron chi connectivity index (χ3n) is 5.00. The molecule has 1 aliphatic rings. The van der Waals surface area contributed by atoms with Gasteiger partial charge in [-0.25, -0.2) is 8.78 Å². The molecule has 0 unspecified atom stereocenters. The van der Waals surface area contributed by atoms with Crippen molar-refractivity contribution in [3.63, 3.8) is 0 Å². The van der Waals surface area contributed by atoms with E-state index in [9.17, 15) is 8.78 Å². The molecular weight excluding hydrogens is 446 g/mol. The van der Waals surface area contributed by atoms with Gasteiger partial charge in [0, 0.05) is 38.8 Å². The van der Waals surface area contributed by atoms with Crippen molar-refractivity contribution in [2.75, 3.05) is 44.2 Å². The lowest BCUT2D eigenvalue weighted by molar-refractivity contribution is 0.221. The van der Waals surface area contributed by atoms with Crippen molar-refractivity contribution >= 4 is 43.0 Å². The van der Waals surface area contributed by atoms with Gasteiger partial charge in [-0.3, -0.25) is 4.90 Å². The minimum absolute atomic E-state index is 0.0789. The first-order valence-corrected chi connectivity index (χ1v) is 11.0. The number of ether oxygens (including phenoxy) is 1. The van der Waals surface area contributed by atoms with Gasteiger partial charge in [0.1, 0.15) is 5.82 Å². The normalized spacial score (nSPS) is 15.3. The summed E-state index contributed by atoms with van der Waals surface area (Å²) in [5.41, 5.74) is 1.33. The molecule has 1 aliphatic heterocycles. The molecule has 1 aromatic heterocycles. The van der Waals surface area contributed by atoms with Gasteiger partial charge in [-0.1, -0.05) is 12.1 Å². The molecule has 0 atom stereocenters.